The molecule has 0 saturated carbocycles. The number of rotatable bonds is 7. The minimum Gasteiger partial charge on any atom is -0.481 e. The highest BCUT2D eigenvalue weighted by Gasteiger charge is 2.19. The van der Waals surface area contributed by atoms with Crippen molar-refractivity contribution in [3.05, 3.63) is 98.4 Å². The molecule has 0 aliphatic carbocycles. The van der Waals surface area contributed by atoms with Gasteiger partial charge in [0.2, 0.25) is 0 Å². The van der Waals surface area contributed by atoms with Crippen molar-refractivity contribution in [3.63, 3.8) is 0 Å². The molecule has 0 bridgehead atoms. The van der Waals surface area contributed by atoms with E-state index in [0.717, 1.165) is 16.7 Å². The van der Waals surface area contributed by atoms with Crippen molar-refractivity contribution >= 4 is 29.3 Å². The maximum atomic E-state index is 12.9. The summed E-state index contributed by atoms with van der Waals surface area (Å²) in [5, 5.41) is 15.0. The normalized spacial score (nSPS) is 11.6. The van der Waals surface area contributed by atoms with E-state index < -0.39 is 23.6 Å². The number of hydrogen-bond donors (Lipinski definition) is 3. The third-order valence-electron chi connectivity index (χ3n) is 4.93. The molecule has 1 atom stereocenters. The number of carboxylic acids is 1. The number of nitrogens with one attached hydrogen (secondary N) is 2. The lowest BCUT2D eigenvalue weighted by Crippen LogP contribution is -2.36. The summed E-state index contributed by atoms with van der Waals surface area (Å²) in [5.41, 5.74) is 2.92. The zero-order valence-corrected chi connectivity index (χ0v) is 18.5. The van der Waals surface area contributed by atoms with Crippen LogP contribution >= 0.6 is 11.6 Å². The molecule has 1 aromatic heterocycles. The third kappa shape index (κ3) is 5.98. The molecular formula is C24H24ClN3O4. The van der Waals surface area contributed by atoms with E-state index >= 15 is 0 Å². The van der Waals surface area contributed by atoms with Crippen molar-refractivity contribution in [2.24, 2.45) is 0 Å². The molecule has 3 rings (SSSR count). The second-order valence-corrected chi connectivity index (χ2v) is 8.02. The van der Waals surface area contributed by atoms with Gasteiger partial charge < -0.3 is 20.3 Å². The fourth-order valence-electron chi connectivity index (χ4n) is 3.35. The van der Waals surface area contributed by atoms with Crippen molar-refractivity contribution in [3.8, 4) is 0 Å². The van der Waals surface area contributed by atoms with Crippen molar-refractivity contribution in [1.29, 1.82) is 0 Å². The maximum Gasteiger partial charge on any atom is 0.319 e. The van der Waals surface area contributed by atoms with Crippen LogP contribution in [0.2, 0.25) is 5.02 Å². The Morgan fingerprint density at radius 3 is 2.41 bits per heavy atom. The molecule has 3 N–H and O–H groups in total. The van der Waals surface area contributed by atoms with Gasteiger partial charge in [-0.3, -0.25) is 9.59 Å². The fraction of sp³-hybridized carbons (Fsp3) is 0.208. The highest BCUT2D eigenvalue weighted by Crippen LogP contribution is 2.19. The van der Waals surface area contributed by atoms with Crippen LogP contribution < -0.4 is 16.2 Å². The molecule has 0 spiro atoms. The third-order valence-corrected chi connectivity index (χ3v) is 5.30. The monoisotopic (exact) mass is 453 g/mol. The van der Waals surface area contributed by atoms with E-state index in [1.807, 2.05) is 44.2 Å². The molecule has 0 radical (unpaired) electrons. The second kappa shape index (κ2) is 10.2. The molecule has 0 aliphatic rings. The zero-order valence-electron chi connectivity index (χ0n) is 17.8. The number of carbonyl (C=O) groups is 2. The van der Waals surface area contributed by atoms with Crippen molar-refractivity contribution in [2.45, 2.75) is 32.9 Å². The van der Waals surface area contributed by atoms with Gasteiger partial charge in [0.05, 0.1) is 19.0 Å². The smallest absolute Gasteiger partial charge is 0.319 e. The molecule has 166 valence electrons. The number of hydrogen-bond acceptors (Lipinski definition) is 3. The molecule has 0 saturated heterocycles. The van der Waals surface area contributed by atoms with Gasteiger partial charge in [-0.2, -0.15) is 0 Å². The maximum absolute atomic E-state index is 12.9. The minimum atomic E-state index is -1.05. The number of amides is 2. The van der Waals surface area contributed by atoms with Gasteiger partial charge in [-0.1, -0.05) is 59.6 Å². The minimum absolute atomic E-state index is 0.0903. The van der Waals surface area contributed by atoms with Crippen LogP contribution in [0.4, 0.5) is 10.5 Å². The highest BCUT2D eigenvalue weighted by atomic mass is 35.5. The molecule has 1 heterocycles. The molecule has 3 aromatic rings. The number of anilines is 1. The number of aryl methyl sites for hydroxylation is 2. The summed E-state index contributed by atoms with van der Waals surface area (Å²) >= 11 is 6.21. The van der Waals surface area contributed by atoms with Crippen molar-refractivity contribution in [1.82, 2.24) is 9.88 Å². The van der Waals surface area contributed by atoms with Crippen LogP contribution in [-0.2, 0) is 11.3 Å². The quantitative estimate of drug-likeness (QED) is 0.490. The Morgan fingerprint density at radius 2 is 1.75 bits per heavy atom. The van der Waals surface area contributed by atoms with Gasteiger partial charge in [-0.05, 0) is 42.7 Å². The summed E-state index contributed by atoms with van der Waals surface area (Å²) < 4.78 is 1.47. The number of carbonyl (C=O) groups excluding carboxylic acids is 1. The van der Waals surface area contributed by atoms with Crippen LogP contribution in [0.1, 0.15) is 34.7 Å². The number of benzene rings is 2. The Kier molecular flexibility index (Phi) is 7.33. The summed E-state index contributed by atoms with van der Waals surface area (Å²) in [6, 6.07) is 14.6. The first-order valence-electron chi connectivity index (χ1n) is 10.0. The lowest BCUT2D eigenvalue weighted by Gasteiger charge is -2.18. The Morgan fingerprint density at radius 1 is 1.06 bits per heavy atom. The summed E-state index contributed by atoms with van der Waals surface area (Å²) in [6.45, 7) is 3.98. The van der Waals surface area contributed by atoms with Crippen LogP contribution in [0.25, 0.3) is 0 Å². The number of nitrogens with zero attached hydrogens (tertiary/aromatic N) is 1. The van der Waals surface area contributed by atoms with Crippen LogP contribution in [0, 0.1) is 13.8 Å². The summed E-state index contributed by atoms with van der Waals surface area (Å²) in [5.74, 6) is -1.05. The molecule has 2 aromatic carbocycles. The van der Waals surface area contributed by atoms with Gasteiger partial charge in [0.1, 0.15) is 5.69 Å². The van der Waals surface area contributed by atoms with Crippen LogP contribution in [0.5, 0.6) is 0 Å². The van der Waals surface area contributed by atoms with Crippen LogP contribution in [0.3, 0.4) is 0 Å². The van der Waals surface area contributed by atoms with Gasteiger partial charge in [-0.15, -0.1) is 0 Å². The number of pyridine rings is 1. The average molecular weight is 454 g/mol. The predicted octanol–water partition coefficient (Wildman–Crippen LogP) is 4.50. The number of urea groups is 1. The van der Waals surface area contributed by atoms with Gasteiger partial charge >= 0.3 is 12.0 Å². The Bertz CT molecular complexity index is 1190. The fourth-order valence-corrected chi connectivity index (χ4v) is 3.54. The standard InChI is InChI=1S/C24H24ClN3O4/c1-15-7-9-17(10-8-15)20(12-22(29)30)26-24(32)27-21-11-16(2)13-28(23(21)31)14-18-5-3-4-6-19(18)25/h3-11,13,20H,12,14H2,1-2H3,(H,29,30)(H2,26,27,32). The molecular weight excluding hydrogens is 430 g/mol. The number of halogens is 1. The first-order chi connectivity index (χ1) is 15.2. The van der Waals surface area contributed by atoms with E-state index in [9.17, 15) is 19.5 Å². The van der Waals surface area contributed by atoms with E-state index in [-0.39, 0.29) is 18.7 Å². The van der Waals surface area contributed by atoms with E-state index in [0.29, 0.717) is 10.6 Å². The molecule has 1 unspecified atom stereocenters. The van der Waals surface area contributed by atoms with Gasteiger partial charge in [0.25, 0.3) is 5.56 Å². The van der Waals surface area contributed by atoms with E-state index in [2.05, 4.69) is 10.6 Å². The molecule has 0 aliphatic heterocycles. The molecule has 7 nitrogen and oxygen atoms in total. The molecule has 32 heavy (non-hydrogen) atoms. The average Bonchev–Trinajstić information content (AvgIpc) is 2.72. The summed E-state index contributed by atoms with van der Waals surface area (Å²) in [7, 11) is 0. The van der Waals surface area contributed by atoms with E-state index in [4.69, 9.17) is 11.6 Å². The van der Waals surface area contributed by atoms with Crippen LogP contribution in [0.15, 0.2) is 65.6 Å². The zero-order chi connectivity index (χ0) is 23.3. The first kappa shape index (κ1) is 23.1. The molecule has 8 heteroatoms. The number of aromatic nitrogens is 1. The highest BCUT2D eigenvalue weighted by molar-refractivity contribution is 6.31. The number of aliphatic carboxylic acids is 1. The van der Waals surface area contributed by atoms with Gasteiger partial charge in [0.15, 0.2) is 0 Å². The van der Waals surface area contributed by atoms with E-state index in [1.165, 1.54) is 4.57 Å². The van der Waals surface area contributed by atoms with E-state index in [1.54, 1.807) is 30.5 Å². The molecule has 0 fully saturated rings. The van der Waals surface area contributed by atoms with Gasteiger partial charge in [0, 0.05) is 11.2 Å². The summed E-state index contributed by atoms with van der Waals surface area (Å²) in [4.78, 5) is 36.9. The summed E-state index contributed by atoms with van der Waals surface area (Å²) in [6.07, 6.45) is 1.40. The van der Waals surface area contributed by atoms with Gasteiger partial charge in [-0.25, -0.2) is 4.79 Å². The molecule has 2 amide bonds. The van der Waals surface area contributed by atoms with Crippen molar-refractivity contribution < 1.29 is 14.7 Å². The second-order valence-electron chi connectivity index (χ2n) is 7.62. The Labute approximate surface area is 190 Å². The number of carboxylic acid groups (broad SMARTS) is 1. The Hall–Kier alpha value is -3.58. The lowest BCUT2D eigenvalue weighted by atomic mass is 10.0. The lowest BCUT2D eigenvalue weighted by molar-refractivity contribution is -0.137. The predicted molar refractivity (Wildman–Crippen MR) is 124 cm³/mol. The first-order valence-corrected chi connectivity index (χ1v) is 10.4. The van der Waals surface area contributed by atoms with Crippen LogP contribution in [-0.4, -0.2) is 21.7 Å². The Balaban J connectivity index is 1.81. The van der Waals surface area contributed by atoms with Crippen molar-refractivity contribution in [2.75, 3.05) is 5.32 Å². The SMILES string of the molecule is Cc1ccc(C(CC(=O)O)NC(=O)Nc2cc(C)cn(Cc3ccccc3Cl)c2=O)cc1. The topological polar surface area (TPSA) is 100 Å². The largest absolute Gasteiger partial charge is 0.481 e.